The van der Waals surface area contributed by atoms with E-state index in [0.29, 0.717) is 54.5 Å². The predicted molar refractivity (Wildman–Crippen MR) is 201 cm³/mol. The van der Waals surface area contributed by atoms with Crippen molar-refractivity contribution in [1.82, 2.24) is 39.8 Å². The van der Waals surface area contributed by atoms with Crippen LogP contribution in [0.1, 0.15) is 98.3 Å². The molecular formula is C40H45N9O5. The van der Waals surface area contributed by atoms with E-state index in [1.807, 2.05) is 86.8 Å². The lowest BCUT2D eigenvalue weighted by molar-refractivity contribution is 0.0583. The lowest BCUT2D eigenvalue weighted by atomic mass is 9.93. The highest BCUT2D eigenvalue weighted by atomic mass is 16.6. The summed E-state index contributed by atoms with van der Waals surface area (Å²) in [5.74, 6) is 2.33. The monoisotopic (exact) mass is 731 g/mol. The van der Waals surface area contributed by atoms with Gasteiger partial charge in [0.25, 0.3) is 5.91 Å². The summed E-state index contributed by atoms with van der Waals surface area (Å²) < 4.78 is 20.8. The van der Waals surface area contributed by atoms with Gasteiger partial charge in [-0.3, -0.25) is 9.69 Å². The fraction of sp³-hybridized carbons (Fsp3) is 0.425. The lowest BCUT2D eigenvalue weighted by Gasteiger charge is -2.31. The molecule has 54 heavy (non-hydrogen) atoms. The zero-order chi connectivity index (χ0) is 37.9. The van der Waals surface area contributed by atoms with Crippen LogP contribution in [0.25, 0.3) is 33.5 Å². The molecular weight excluding hydrogens is 686 g/mol. The molecule has 1 aromatic carbocycles. The Morgan fingerprint density at radius 1 is 1.02 bits per heavy atom. The molecule has 14 nitrogen and oxygen atoms in total. The van der Waals surface area contributed by atoms with Crippen LogP contribution in [-0.4, -0.2) is 77.1 Å². The van der Waals surface area contributed by atoms with Gasteiger partial charge in [0.2, 0.25) is 0 Å². The second kappa shape index (κ2) is 13.6. The van der Waals surface area contributed by atoms with Crippen LogP contribution in [-0.2, 0) is 17.7 Å². The third kappa shape index (κ3) is 6.65. The molecule has 1 fully saturated rings. The zero-order valence-electron chi connectivity index (χ0n) is 31.8. The van der Waals surface area contributed by atoms with Crippen molar-refractivity contribution >= 4 is 28.7 Å². The highest BCUT2D eigenvalue weighted by Gasteiger charge is 2.33. The molecule has 7 heterocycles. The number of carbonyl (C=O) groups is 2. The summed E-state index contributed by atoms with van der Waals surface area (Å²) >= 11 is 0. The summed E-state index contributed by atoms with van der Waals surface area (Å²) in [5.41, 5.74) is 6.47. The molecule has 5 aromatic heterocycles. The van der Waals surface area contributed by atoms with Crippen molar-refractivity contribution in [2.24, 2.45) is 0 Å². The van der Waals surface area contributed by atoms with Crippen molar-refractivity contribution < 1.29 is 23.3 Å². The summed E-state index contributed by atoms with van der Waals surface area (Å²) in [6, 6.07) is 11.9. The number of furan rings is 1. The van der Waals surface area contributed by atoms with Gasteiger partial charge in [-0.05, 0) is 85.4 Å². The predicted octanol–water partition coefficient (Wildman–Crippen LogP) is 7.50. The van der Waals surface area contributed by atoms with E-state index in [0.717, 1.165) is 64.2 Å². The number of para-hydroxylation sites is 1. The normalized spacial score (nSPS) is 15.1. The Kier molecular flexibility index (Phi) is 8.85. The number of anilines is 1. The fourth-order valence-electron chi connectivity index (χ4n) is 7.56. The van der Waals surface area contributed by atoms with Gasteiger partial charge in [0.15, 0.2) is 11.4 Å². The van der Waals surface area contributed by atoms with E-state index in [1.165, 1.54) is 0 Å². The van der Waals surface area contributed by atoms with Gasteiger partial charge in [-0.2, -0.15) is 5.10 Å². The van der Waals surface area contributed by atoms with Crippen molar-refractivity contribution in [2.75, 3.05) is 24.5 Å². The molecule has 2 aliphatic rings. The van der Waals surface area contributed by atoms with E-state index in [-0.39, 0.29) is 24.0 Å². The Balaban J connectivity index is 0.950. The number of carbonyl (C=O) groups excluding carboxylic acids is 2. The van der Waals surface area contributed by atoms with Crippen molar-refractivity contribution in [3.63, 3.8) is 0 Å². The van der Waals surface area contributed by atoms with E-state index in [9.17, 15) is 9.59 Å². The third-order valence-electron chi connectivity index (χ3n) is 10.1. The number of hydrogen-bond donors (Lipinski definition) is 0. The topological polar surface area (TPSA) is 150 Å². The molecule has 2 aliphatic heterocycles. The lowest BCUT2D eigenvalue weighted by Crippen LogP contribution is -2.38. The number of aryl methyl sites for hydroxylation is 2. The van der Waals surface area contributed by atoms with E-state index >= 15 is 0 Å². The minimum atomic E-state index is -0.598. The van der Waals surface area contributed by atoms with Crippen molar-refractivity contribution in [3.8, 4) is 22.5 Å². The number of pyridine rings is 1. The second-order valence-electron chi connectivity index (χ2n) is 15.6. The molecule has 8 rings (SSSR count). The van der Waals surface area contributed by atoms with E-state index in [4.69, 9.17) is 18.7 Å². The van der Waals surface area contributed by atoms with Crippen molar-refractivity contribution in [1.29, 1.82) is 0 Å². The smallest absolute Gasteiger partial charge is 0.414 e. The molecule has 1 saturated heterocycles. The van der Waals surface area contributed by atoms with Crippen molar-refractivity contribution in [3.05, 3.63) is 82.9 Å². The molecule has 14 heteroatoms. The number of rotatable bonds is 7. The van der Waals surface area contributed by atoms with Gasteiger partial charge in [0, 0.05) is 48.8 Å². The molecule has 2 amide bonds. The summed E-state index contributed by atoms with van der Waals surface area (Å²) in [4.78, 5) is 35.8. The maximum absolute atomic E-state index is 14.2. The second-order valence-corrected chi connectivity index (χ2v) is 15.6. The highest BCUT2D eigenvalue weighted by molar-refractivity contribution is 6.06. The average molecular weight is 732 g/mol. The number of fused-ring (bicyclic) bond motifs is 2. The number of piperidine rings is 1. The van der Waals surface area contributed by atoms with E-state index in [1.54, 1.807) is 15.8 Å². The molecule has 0 saturated carbocycles. The standard InChI is InChI=1S/C40H45N9O5/c1-23(2)49-37-32(20-41-49)31(19-34(42-37)30-17-24(3)52-25(30)4)38(50)46-14-11-26(12-15-46)33-18-28(54-44-33)21-47-22-35(43-45-47)29-10-8-9-27-13-16-48(36(27)29)39(51)53-40(5,6)7/h8-10,17-20,22-23,26H,11-16,21H2,1-7H3. The molecule has 0 N–H and O–H groups in total. The Morgan fingerprint density at radius 3 is 2.54 bits per heavy atom. The molecule has 0 aliphatic carbocycles. The van der Waals surface area contributed by atoms with Crippen LogP contribution in [0, 0.1) is 13.8 Å². The Hall–Kier alpha value is -5.79. The van der Waals surface area contributed by atoms with Crippen LogP contribution in [0.2, 0.25) is 0 Å². The van der Waals surface area contributed by atoms with E-state index in [2.05, 4.69) is 34.4 Å². The van der Waals surface area contributed by atoms with Gasteiger partial charge >= 0.3 is 6.09 Å². The molecule has 0 atom stereocenters. The Labute approximate surface area is 313 Å². The van der Waals surface area contributed by atoms with Crippen LogP contribution in [0.15, 0.2) is 57.7 Å². The van der Waals surface area contributed by atoms with Crippen LogP contribution in [0.3, 0.4) is 0 Å². The fourth-order valence-corrected chi connectivity index (χ4v) is 7.56. The minimum Gasteiger partial charge on any atom is -0.466 e. The van der Waals surface area contributed by atoms with Crippen LogP contribution in [0.4, 0.5) is 10.5 Å². The molecule has 280 valence electrons. The minimum absolute atomic E-state index is 0.0376. The Bertz CT molecular complexity index is 2370. The van der Waals surface area contributed by atoms with Crippen LogP contribution >= 0.6 is 0 Å². The zero-order valence-corrected chi connectivity index (χ0v) is 31.8. The Morgan fingerprint density at radius 2 is 1.81 bits per heavy atom. The molecule has 6 aromatic rings. The van der Waals surface area contributed by atoms with Gasteiger partial charge in [0.1, 0.15) is 29.4 Å². The summed E-state index contributed by atoms with van der Waals surface area (Å²) in [7, 11) is 0. The third-order valence-corrected chi connectivity index (χ3v) is 10.1. The number of nitrogens with zero attached hydrogens (tertiary/aromatic N) is 9. The highest BCUT2D eigenvalue weighted by Crippen LogP contribution is 2.39. The first-order valence-electron chi connectivity index (χ1n) is 18.6. The van der Waals surface area contributed by atoms with Crippen LogP contribution < -0.4 is 4.90 Å². The summed E-state index contributed by atoms with van der Waals surface area (Å²) in [6.45, 7) is 15.6. The number of aromatic nitrogens is 7. The largest absolute Gasteiger partial charge is 0.466 e. The first-order chi connectivity index (χ1) is 25.8. The summed E-state index contributed by atoms with van der Waals surface area (Å²) in [6.07, 6.45) is 5.49. The summed E-state index contributed by atoms with van der Waals surface area (Å²) in [5, 5.41) is 18.6. The maximum Gasteiger partial charge on any atom is 0.414 e. The molecule has 0 bridgehead atoms. The quantitative estimate of drug-likeness (QED) is 0.161. The van der Waals surface area contributed by atoms with Gasteiger partial charge in [-0.15, -0.1) is 5.10 Å². The molecule has 0 radical (unpaired) electrons. The van der Waals surface area contributed by atoms with Gasteiger partial charge in [-0.25, -0.2) is 19.1 Å². The number of amides is 2. The van der Waals surface area contributed by atoms with E-state index < -0.39 is 5.60 Å². The molecule has 0 unspecified atom stereocenters. The van der Waals surface area contributed by atoms with Gasteiger partial charge in [0.05, 0.1) is 40.4 Å². The SMILES string of the molecule is Cc1cc(-c2cc(C(=O)N3CCC(c4cc(Cn5cc(-c6cccc7c6N(C(=O)OC(C)(C)C)CC7)nn5)on4)CC3)c3cnn(C(C)C)c3n2)c(C)o1. The first kappa shape index (κ1) is 35.3. The van der Waals surface area contributed by atoms with Crippen LogP contribution in [0.5, 0.6) is 0 Å². The molecule has 0 spiro atoms. The number of benzene rings is 1. The average Bonchev–Trinajstić information content (AvgIpc) is 3.97. The first-order valence-corrected chi connectivity index (χ1v) is 18.6. The van der Waals surface area contributed by atoms with Gasteiger partial charge < -0.3 is 18.6 Å². The van der Waals surface area contributed by atoms with Gasteiger partial charge in [-0.1, -0.05) is 28.6 Å². The number of hydrogen-bond acceptors (Lipinski definition) is 10. The maximum atomic E-state index is 14.2. The number of likely N-dealkylation sites (tertiary alicyclic amines) is 1. The number of ether oxygens (including phenoxy) is 1. The van der Waals surface area contributed by atoms with Crippen molar-refractivity contribution in [2.45, 2.75) is 91.8 Å².